The Bertz CT molecular complexity index is 510. The highest BCUT2D eigenvalue weighted by atomic mass is 15.3. The highest BCUT2D eigenvalue weighted by Crippen LogP contribution is 2.26. The van der Waals surface area contributed by atoms with Crippen molar-refractivity contribution in [3.63, 3.8) is 0 Å². The summed E-state index contributed by atoms with van der Waals surface area (Å²) in [5.41, 5.74) is 4.14. The van der Waals surface area contributed by atoms with E-state index in [0.29, 0.717) is 5.92 Å². The van der Waals surface area contributed by atoms with Crippen LogP contribution in [0.5, 0.6) is 0 Å². The van der Waals surface area contributed by atoms with Gasteiger partial charge in [0.2, 0.25) is 0 Å². The van der Waals surface area contributed by atoms with Crippen LogP contribution in [0.2, 0.25) is 0 Å². The van der Waals surface area contributed by atoms with Crippen LogP contribution in [0.4, 0.5) is 0 Å². The first-order valence-corrected chi connectivity index (χ1v) is 6.60. The third kappa shape index (κ3) is 2.18. The van der Waals surface area contributed by atoms with E-state index >= 15 is 0 Å². The minimum atomic E-state index is 0.621. The lowest BCUT2D eigenvalue weighted by atomic mass is 9.97. The van der Waals surface area contributed by atoms with Crippen LogP contribution in [0, 0.1) is 0 Å². The maximum absolute atomic E-state index is 4.45. The molecule has 0 saturated carbocycles. The van der Waals surface area contributed by atoms with E-state index in [0.717, 1.165) is 19.5 Å². The zero-order valence-corrected chi connectivity index (χ0v) is 10.8. The van der Waals surface area contributed by atoms with Crippen LogP contribution in [-0.2, 0) is 13.5 Å². The monoisotopic (exact) mass is 241 g/mol. The molecule has 0 bridgehead atoms. The van der Waals surface area contributed by atoms with Gasteiger partial charge in [-0.25, -0.2) is 0 Å². The van der Waals surface area contributed by atoms with Crippen LogP contribution in [0.1, 0.15) is 29.2 Å². The van der Waals surface area contributed by atoms with Gasteiger partial charge in [0, 0.05) is 31.6 Å². The first-order valence-electron chi connectivity index (χ1n) is 6.60. The maximum atomic E-state index is 4.45. The molecule has 0 spiro atoms. The lowest BCUT2D eigenvalue weighted by molar-refractivity contribution is 0.633. The molecule has 3 rings (SSSR count). The highest BCUT2D eigenvalue weighted by molar-refractivity contribution is 5.30. The van der Waals surface area contributed by atoms with Crippen LogP contribution >= 0.6 is 0 Å². The fourth-order valence-corrected chi connectivity index (χ4v) is 2.86. The van der Waals surface area contributed by atoms with Crippen molar-refractivity contribution < 1.29 is 0 Å². The van der Waals surface area contributed by atoms with E-state index in [1.165, 1.54) is 23.2 Å². The number of nitrogens with zero attached hydrogens (tertiary/aromatic N) is 2. The van der Waals surface area contributed by atoms with Gasteiger partial charge in [-0.05, 0) is 24.1 Å². The molecular weight excluding hydrogens is 222 g/mol. The summed E-state index contributed by atoms with van der Waals surface area (Å²) in [7, 11) is 2.06. The number of hydrogen-bond donors (Lipinski definition) is 1. The Hall–Kier alpha value is -1.61. The number of hydrogen-bond acceptors (Lipinski definition) is 2. The van der Waals surface area contributed by atoms with Crippen molar-refractivity contribution in [1.29, 1.82) is 0 Å². The largest absolute Gasteiger partial charge is 0.316 e. The smallest absolute Gasteiger partial charge is 0.0528 e. The van der Waals surface area contributed by atoms with E-state index in [1.54, 1.807) is 0 Å². The molecule has 1 fully saturated rings. The van der Waals surface area contributed by atoms with Gasteiger partial charge in [-0.15, -0.1) is 0 Å². The molecule has 1 saturated heterocycles. The van der Waals surface area contributed by atoms with Gasteiger partial charge in [0.25, 0.3) is 0 Å². The van der Waals surface area contributed by atoms with Crippen molar-refractivity contribution in [3.8, 4) is 0 Å². The molecule has 1 N–H and O–H groups in total. The van der Waals surface area contributed by atoms with Crippen LogP contribution in [-0.4, -0.2) is 22.9 Å². The van der Waals surface area contributed by atoms with E-state index < -0.39 is 0 Å². The second-order valence-electron chi connectivity index (χ2n) is 5.03. The van der Waals surface area contributed by atoms with Crippen LogP contribution < -0.4 is 5.32 Å². The molecule has 0 amide bonds. The Labute approximate surface area is 108 Å². The molecule has 0 aliphatic carbocycles. The lowest BCUT2D eigenvalue weighted by Crippen LogP contribution is -2.12. The summed E-state index contributed by atoms with van der Waals surface area (Å²) in [5, 5.41) is 7.88. The minimum absolute atomic E-state index is 0.621. The van der Waals surface area contributed by atoms with E-state index in [1.807, 2.05) is 6.20 Å². The van der Waals surface area contributed by atoms with Crippen molar-refractivity contribution in [2.24, 2.45) is 7.05 Å². The van der Waals surface area contributed by atoms with Crippen molar-refractivity contribution in [3.05, 3.63) is 53.3 Å². The van der Waals surface area contributed by atoms with Crippen molar-refractivity contribution in [2.75, 3.05) is 13.1 Å². The first-order chi connectivity index (χ1) is 8.84. The van der Waals surface area contributed by atoms with Crippen molar-refractivity contribution >= 4 is 0 Å². The summed E-state index contributed by atoms with van der Waals surface area (Å²) in [4.78, 5) is 0. The van der Waals surface area contributed by atoms with E-state index in [9.17, 15) is 0 Å². The van der Waals surface area contributed by atoms with Crippen LogP contribution in [0.15, 0.2) is 36.5 Å². The molecule has 3 heteroatoms. The predicted octanol–water partition coefficient (Wildman–Crippen LogP) is 2.09. The summed E-state index contributed by atoms with van der Waals surface area (Å²) < 4.78 is 2.05. The predicted molar refractivity (Wildman–Crippen MR) is 72.7 cm³/mol. The Balaban J connectivity index is 1.88. The summed E-state index contributed by atoms with van der Waals surface area (Å²) in [6.07, 6.45) is 4.24. The third-order valence-electron chi connectivity index (χ3n) is 3.75. The molecule has 1 atom stereocenters. The standard InChI is InChI=1S/C15H19N3/c1-18-15(13-7-8-16-10-13)14(11-17-18)9-12-5-3-2-4-6-12/h2-6,11,13,16H,7-10H2,1H3. The van der Waals surface area contributed by atoms with Crippen molar-refractivity contribution in [1.82, 2.24) is 15.1 Å². The summed E-state index contributed by atoms with van der Waals surface area (Å²) in [6.45, 7) is 2.21. The molecule has 1 unspecified atom stereocenters. The maximum Gasteiger partial charge on any atom is 0.0528 e. The Morgan fingerprint density at radius 1 is 1.33 bits per heavy atom. The van der Waals surface area contributed by atoms with E-state index in [4.69, 9.17) is 0 Å². The van der Waals surface area contributed by atoms with Gasteiger partial charge < -0.3 is 5.32 Å². The first kappa shape index (κ1) is 11.5. The summed E-state index contributed by atoms with van der Waals surface area (Å²) in [5.74, 6) is 0.621. The highest BCUT2D eigenvalue weighted by Gasteiger charge is 2.22. The lowest BCUT2D eigenvalue weighted by Gasteiger charge is -2.12. The van der Waals surface area contributed by atoms with E-state index in [-0.39, 0.29) is 0 Å². The fraction of sp³-hybridized carbons (Fsp3) is 0.400. The molecule has 1 aliphatic rings. The summed E-state index contributed by atoms with van der Waals surface area (Å²) in [6, 6.07) is 10.6. The second kappa shape index (κ2) is 4.94. The Kier molecular flexibility index (Phi) is 3.15. The Morgan fingerprint density at radius 2 is 2.17 bits per heavy atom. The van der Waals surface area contributed by atoms with Gasteiger partial charge in [0.05, 0.1) is 6.20 Å². The molecule has 1 aliphatic heterocycles. The number of benzene rings is 1. The van der Waals surface area contributed by atoms with Crippen LogP contribution in [0.3, 0.4) is 0 Å². The topological polar surface area (TPSA) is 29.9 Å². The Morgan fingerprint density at radius 3 is 2.89 bits per heavy atom. The molecule has 18 heavy (non-hydrogen) atoms. The molecule has 0 radical (unpaired) electrons. The normalized spacial score (nSPS) is 19.3. The average molecular weight is 241 g/mol. The van der Waals surface area contributed by atoms with Gasteiger partial charge in [-0.1, -0.05) is 30.3 Å². The molecule has 1 aromatic carbocycles. The zero-order valence-electron chi connectivity index (χ0n) is 10.8. The molecular formula is C15H19N3. The van der Waals surface area contributed by atoms with Gasteiger partial charge in [-0.3, -0.25) is 4.68 Å². The van der Waals surface area contributed by atoms with E-state index in [2.05, 4.69) is 52.5 Å². The third-order valence-corrected chi connectivity index (χ3v) is 3.75. The molecule has 1 aromatic heterocycles. The fourth-order valence-electron chi connectivity index (χ4n) is 2.86. The zero-order chi connectivity index (χ0) is 12.4. The minimum Gasteiger partial charge on any atom is -0.316 e. The molecule has 2 heterocycles. The van der Waals surface area contributed by atoms with Crippen LogP contribution in [0.25, 0.3) is 0 Å². The number of rotatable bonds is 3. The molecule has 2 aromatic rings. The summed E-state index contributed by atoms with van der Waals surface area (Å²) >= 11 is 0. The van der Waals surface area contributed by atoms with Crippen molar-refractivity contribution in [2.45, 2.75) is 18.8 Å². The number of nitrogens with one attached hydrogen (secondary N) is 1. The molecule has 3 nitrogen and oxygen atoms in total. The molecule has 94 valence electrons. The average Bonchev–Trinajstić information content (AvgIpc) is 3.01. The van der Waals surface area contributed by atoms with Gasteiger partial charge in [0.15, 0.2) is 0 Å². The number of aryl methyl sites for hydroxylation is 1. The number of aromatic nitrogens is 2. The quantitative estimate of drug-likeness (QED) is 0.891. The SMILES string of the molecule is Cn1ncc(Cc2ccccc2)c1C1CCNC1. The second-order valence-corrected chi connectivity index (χ2v) is 5.03. The van der Waals surface area contributed by atoms with Gasteiger partial charge in [-0.2, -0.15) is 5.10 Å². The van der Waals surface area contributed by atoms with Gasteiger partial charge >= 0.3 is 0 Å². The van der Waals surface area contributed by atoms with Gasteiger partial charge in [0.1, 0.15) is 0 Å².